The summed E-state index contributed by atoms with van der Waals surface area (Å²) in [6.07, 6.45) is -2.41. The summed E-state index contributed by atoms with van der Waals surface area (Å²) in [5.74, 6) is -1.24. The van der Waals surface area contributed by atoms with Gasteiger partial charge in [0.05, 0.1) is 5.56 Å². The monoisotopic (exact) mass is 307 g/mol. The lowest BCUT2D eigenvalue weighted by atomic mass is 10.1. The van der Waals surface area contributed by atoms with Crippen LogP contribution in [0.1, 0.15) is 38.7 Å². The first-order valence-electron chi connectivity index (χ1n) is 7.12. The Hall–Kier alpha value is -1.30. The molecule has 1 unspecified atom stereocenters. The second kappa shape index (κ2) is 8.22. The van der Waals surface area contributed by atoms with E-state index in [2.05, 4.69) is 5.32 Å². The van der Waals surface area contributed by atoms with Crippen molar-refractivity contribution in [3.63, 3.8) is 0 Å². The molecule has 0 saturated carbocycles. The molecule has 21 heavy (non-hydrogen) atoms. The van der Waals surface area contributed by atoms with Gasteiger partial charge in [0.15, 0.2) is 0 Å². The molecule has 1 atom stereocenters. The Kier molecular flexibility index (Phi) is 6.95. The number of nitrogens with one attached hydrogen (secondary N) is 1. The van der Waals surface area contributed by atoms with Gasteiger partial charge in [-0.15, -0.1) is 0 Å². The fourth-order valence-corrected chi connectivity index (χ4v) is 1.95. The number of ether oxygens (including phenoxy) is 1. The van der Waals surface area contributed by atoms with E-state index < -0.39 is 17.6 Å². The maximum Gasteiger partial charge on any atom is 0.419 e. The molecule has 0 saturated heterocycles. The molecular formula is C15H21F4NO. The summed E-state index contributed by atoms with van der Waals surface area (Å²) in [5, 5.41) is 3.18. The molecule has 120 valence electrons. The van der Waals surface area contributed by atoms with Crippen LogP contribution in [0.4, 0.5) is 17.6 Å². The van der Waals surface area contributed by atoms with E-state index in [1.54, 1.807) is 0 Å². The SMILES string of the molecule is CCCNCC(CCC)Oc1ccc(F)c(C(F)(F)F)c1. The largest absolute Gasteiger partial charge is 0.489 e. The molecule has 0 aliphatic carbocycles. The van der Waals surface area contributed by atoms with E-state index in [0.717, 1.165) is 37.9 Å². The third-order valence-corrected chi connectivity index (χ3v) is 2.96. The minimum absolute atomic E-state index is 0.0421. The Balaban J connectivity index is 2.79. The van der Waals surface area contributed by atoms with Gasteiger partial charge in [-0.1, -0.05) is 20.3 Å². The Bertz CT molecular complexity index is 434. The lowest BCUT2D eigenvalue weighted by Crippen LogP contribution is -2.31. The molecule has 1 rings (SSSR count). The molecule has 1 aromatic rings. The molecule has 0 aromatic heterocycles. The Morgan fingerprint density at radius 2 is 1.90 bits per heavy atom. The van der Waals surface area contributed by atoms with Crippen molar-refractivity contribution < 1.29 is 22.3 Å². The molecule has 0 fully saturated rings. The van der Waals surface area contributed by atoms with Gasteiger partial charge in [0.2, 0.25) is 0 Å². The van der Waals surface area contributed by atoms with E-state index in [1.807, 2.05) is 13.8 Å². The Morgan fingerprint density at radius 3 is 2.48 bits per heavy atom. The molecule has 0 heterocycles. The van der Waals surface area contributed by atoms with Gasteiger partial charge in [0.25, 0.3) is 0 Å². The highest BCUT2D eigenvalue weighted by atomic mass is 19.4. The van der Waals surface area contributed by atoms with Crippen molar-refractivity contribution >= 4 is 0 Å². The third-order valence-electron chi connectivity index (χ3n) is 2.96. The van der Waals surface area contributed by atoms with Crippen LogP contribution < -0.4 is 10.1 Å². The predicted molar refractivity (Wildman–Crippen MR) is 73.9 cm³/mol. The highest BCUT2D eigenvalue weighted by Crippen LogP contribution is 2.33. The summed E-state index contributed by atoms with van der Waals surface area (Å²) in [6.45, 7) is 5.38. The van der Waals surface area contributed by atoms with Crippen LogP contribution >= 0.6 is 0 Å². The van der Waals surface area contributed by atoms with Gasteiger partial charge in [-0.25, -0.2) is 4.39 Å². The highest BCUT2D eigenvalue weighted by molar-refractivity contribution is 5.31. The maximum atomic E-state index is 13.2. The number of halogens is 4. The van der Waals surface area contributed by atoms with Crippen LogP contribution in [0.2, 0.25) is 0 Å². The second-order valence-corrected chi connectivity index (χ2v) is 4.87. The van der Waals surface area contributed by atoms with Gasteiger partial charge >= 0.3 is 6.18 Å². The van der Waals surface area contributed by atoms with Crippen molar-refractivity contribution in [1.29, 1.82) is 0 Å². The van der Waals surface area contributed by atoms with E-state index in [4.69, 9.17) is 4.74 Å². The van der Waals surface area contributed by atoms with Crippen molar-refractivity contribution in [2.45, 2.75) is 45.4 Å². The molecule has 0 spiro atoms. The summed E-state index contributed by atoms with van der Waals surface area (Å²) in [4.78, 5) is 0. The number of hydrogen-bond acceptors (Lipinski definition) is 2. The van der Waals surface area contributed by atoms with E-state index in [1.165, 1.54) is 6.07 Å². The van der Waals surface area contributed by atoms with Crippen molar-refractivity contribution in [3.05, 3.63) is 29.6 Å². The summed E-state index contributed by atoms with van der Waals surface area (Å²) in [6, 6.07) is 2.74. The zero-order valence-electron chi connectivity index (χ0n) is 12.3. The zero-order valence-corrected chi connectivity index (χ0v) is 12.3. The number of hydrogen-bond donors (Lipinski definition) is 1. The average molecular weight is 307 g/mol. The average Bonchev–Trinajstić information content (AvgIpc) is 2.40. The fourth-order valence-electron chi connectivity index (χ4n) is 1.95. The topological polar surface area (TPSA) is 21.3 Å². The van der Waals surface area contributed by atoms with E-state index in [-0.39, 0.29) is 11.9 Å². The first-order chi connectivity index (χ1) is 9.88. The summed E-state index contributed by atoms with van der Waals surface area (Å²) < 4.78 is 56.7. The molecule has 6 heteroatoms. The van der Waals surface area contributed by atoms with Crippen molar-refractivity contribution in [3.8, 4) is 5.75 Å². The van der Waals surface area contributed by atoms with Crippen LogP contribution in [0.5, 0.6) is 5.75 Å². The van der Waals surface area contributed by atoms with Crippen molar-refractivity contribution in [2.75, 3.05) is 13.1 Å². The summed E-state index contributed by atoms with van der Waals surface area (Å²) >= 11 is 0. The van der Waals surface area contributed by atoms with Gasteiger partial charge in [-0.2, -0.15) is 13.2 Å². The number of benzene rings is 1. The standard InChI is InChI=1S/C15H21F4NO/c1-3-5-12(10-20-8-4-2)21-11-6-7-14(16)13(9-11)15(17,18)19/h6-7,9,12,20H,3-5,8,10H2,1-2H3. The Morgan fingerprint density at radius 1 is 1.19 bits per heavy atom. The minimum atomic E-state index is -4.72. The lowest BCUT2D eigenvalue weighted by molar-refractivity contribution is -0.140. The van der Waals surface area contributed by atoms with Gasteiger partial charge in [0.1, 0.15) is 17.7 Å². The third kappa shape index (κ3) is 5.91. The van der Waals surface area contributed by atoms with Gasteiger partial charge in [-0.05, 0) is 37.6 Å². The van der Waals surface area contributed by atoms with Crippen LogP contribution in [0.25, 0.3) is 0 Å². The van der Waals surface area contributed by atoms with Crippen LogP contribution in [0.3, 0.4) is 0 Å². The minimum Gasteiger partial charge on any atom is -0.489 e. The normalized spacial score (nSPS) is 13.2. The highest BCUT2D eigenvalue weighted by Gasteiger charge is 2.34. The van der Waals surface area contributed by atoms with Crippen LogP contribution in [0, 0.1) is 5.82 Å². The number of alkyl halides is 3. The molecule has 0 aliphatic rings. The van der Waals surface area contributed by atoms with E-state index in [9.17, 15) is 17.6 Å². The lowest BCUT2D eigenvalue weighted by Gasteiger charge is -2.20. The smallest absolute Gasteiger partial charge is 0.419 e. The van der Waals surface area contributed by atoms with Crippen LogP contribution in [-0.4, -0.2) is 19.2 Å². The van der Waals surface area contributed by atoms with Gasteiger partial charge in [-0.3, -0.25) is 0 Å². The molecule has 0 radical (unpaired) electrons. The zero-order chi connectivity index (χ0) is 15.9. The molecule has 1 N–H and O–H groups in total. The first-order valence-corrected chi connectivity index (χ1v) is 7.12. The van der Waals surface area contributed by atoms with E-state index >= 15 is 0 Å². The number of rotatable bonds is 8. The summed E-state index contributed by atoms with van der Waals surface area (Å²) in [5.41, 5.74) is -1.29. The molecule has 0 amide bonds. The molecule has 0 aliphatic heterocycles. The molecule has 2 nitrogen and oxygen atoms in total. The van der Waals surface area contributed by atoms with Crippen LogP contribution in [0.15, 0.2) is 18.2 Å². The van der Waals surface area contributed by atoms with Gasteiger partial charge in [0, 0.05) is 6.54 Å². The molecule has 1 aromatic carbocycles. The first kappa shape index (κ1) is 17.8. The summed E-state index contributed by atoms with van der Waals surface area (Å²) in [7, 11) is 0. The van der Waals surface area contributed by atoms with Crippen molar-refractivity contribution in [2.24, 2.45) is 0 Å². The van der Waals surface area contributed by atoms with Gasteiger partial charge < -0.3 is 10.1 Å². The second-order valence-electron chi connectivity index (χ2n) is 4.87. The maximum absolute atomic E-state index is 13.2. The Labute approximate surface area is 122 Å². The van der Waals surface area contributed by atoms with E-state index in [0.29, 0.717) is 6.54 Å². The molecule has 0 bridgehead atoms. The predicted octanol–water partition coefficient (Wildman–Crippen LogP) is 4.39. The van der Waals surface area contributed by atoms with Crippen LogP contribution in [-0.2, 0) is 6.18 Å². The van der Waals surface area contributed by atoms with Crippen molar-refractivity contribution in [1.82, 2.24) is 5.32 Å². The fraction of sp³-hybridized carbons (Fsp3) is 0.600. The molecular weight excluding hydrogens is 286 g/mol. The quantitative estimate of drug-likeness (QED) is 0.568.